The number of carbonyl (C=O) groups excluding carboxylic acids is 1. The number of nitrogens with zero attached hydrogens (tertiary/aromatic N) is 1. The summed E-state index contributed by atoms with van der Waals surface area (Å²) in [6.07, 6.45) is 0.327. The van der Waals surface area contributed by atoms with Gasteiger partial charge < -0.3 is 19.7 Å². The summed E-state index contributed by atoms with van der Waals surface area (Å²) in [5.41, 5.74) is 0.896. The minimum atomic E-state index is 0. The van der Waals surface area contributed by atoms with Crippen LogP contribution in [0.15, 0.2) is 16.6 Å². The number of halogens is 2. The molecule has 0 atom stereocenters. The topological polar surface area (TPSA) is 50.8 Å². The molecule has 0 spiro atoms. The average molecular weight is 410 g/mol. The van der Waals surface area contributed by atoms with Crippen molar-refractivity contribution in [3.8, 4) is 11.5 Å². The van der Waals surface area contributed by atoms with E-state index in [1.54, 1.807) is 4.90 Å². The Morgan fingerprint density at radius 1 is 1.22 bits per heavy atom. The highest BCUT2D eigenvalue weighted by Crippen LogP contribution is 2.34. The maximum Gasteiger partial charge on any atom is 0.226 e. The summed E-state index contributed by atoms with van der Waals surface area (Å²) in [6.45, 7) is 6.43. The fourth-order valence-corrected chi connectivity index (χ4v) is 2.41. The molecule has 132 valence electrons. The summed E-state index contributed by atoms with van der Waals surface area (Å²) in [5.74, 6) is 1.44. The van der Waals surface area contributed by atoms with Crippen LogP contribution in [0.25, 0.3) is 0 Å². The Morgan fingerprint density at radius 2 is 1.78 bits per heavy atom. The van der Waals surface area contributed by atoms with Crippen molar-refractivity contribution >= 4 is 34.2 Å². The second kappa shape index (κ2) is 11.5. The van der Waals surface area contributed by atoms with Crippen molar-refractivity contribution in [2.24, 2.45) is 0 Å². The third-order valence-corrected chi connectivity index (χ3v) is 3.92. The summed E-state index contributed by atoms with van der Waals surface area (Å²) in [7, 11) is 3.68. The van der Waals surface area contributed by atoms with Crippen molar-refractivity contribution in [3.63, 3.8) is 0 Å². The Bertz CT molecular complexity index is 500. The van der Waals surface area contributed by atoms with Crippen molar-refractivity contribution in [1.82, 2.24) is 10.2 Å². The molecule has 23 heavy (non-hydrogen) atoms. The molecule has 1 N–H and O–H groups in total. The molecule has 7 heteroatoms. The smallest absolute Gasteiger partial charge is 0.226 e. The van der Waals surface area contributed by atoms with Gasteiger partial charge in [0.1, 0.15) is 0 Å². The average Bonchev–Trinajstić information content (AvgIpc) is 2.49. The van der Waals surface area contributed by atoms with Crippen molar-refractivity contribution in [2.75, 3.05) is 40.4 Å². The number of amides is 1. The molecule has 0 unspecified atom stereocenters. The molecule has 0 bridgehead atoms. The van der Waals surface area contributed by atoms with Crippen LogP contribution < -0.4 is 14.8 Å². The molecule has 0 aliphatic heterocycles. The van der Waals surface area contributed by atoms with E-state index in [0.717, 1.165) is 16.6 Å². The lowest BCUT2D eigenvalue weighted by Crippen LogP contribution is -2.33. The van der Waals surface area contributed by atoms with Crippen molar-refractivity contribution < 1.29 is 14.3 Å². The van der Waals surface area contributed by atoms with E-state index in [-0.39, 0.29) is 18.3 Å². The fraction of sp³-hybridized carbons (Fsp3) is 0.562. The van der Waals surface area contributed by atoms with Crippen LogP contribution in [0.2, 0.25) is 0 Å². The van der Waals surface area contributed by atoms with Crippen LogP contribution >= 0.6 is 28.3 Å². The van der Waals surface area contributed by atoms with E-state index in [9.17, 15) is 4.79 Å². The zero-order valence-electron chi connectivity index (χ0n) is 14.1. The van der Waals surface area contributed by atoms with Gasteiger partial charge in [0.25, 0.3) is 0 Å². The second-order valence-corrected chi connectivity index (χ2v) is 5.71. The molecule has 1 aromatic rings. The Kier molecular flexibility index (Phi) is 11.0. The molecule has 0 aromatic heterocycles. The molecule has 0 heterocycles. The number of carbonyl (C=O) groups is 1. The molecular weight excluding hydrogens is 384 g/mol. The highest BCUT2D eigenvalue weighted by atomic mass is 79.9. The second-order valence-electron chi connectivity index (χ2n) is 4.85. The predicted octanol–water partition coefficient (Wildman–Crippen LogP) is 2.89. The van der Waals surface area contributed by atoms with E-state index in [2.05, 4.69) is 21.2 Å². The number of benzene rings is 1. The first kappa shape index (κ1) is 22.0. The van der Waals surface area contributed by atoms with Gasteiger partial charge in [0.2, 0.25) is 5.91 Å². The Balaban J connectivity index is 0.00000484. The maximum atomic E-state index is 12.3. The number of hydrogen-bond donors (Lipinski definition) is 1. The van der Waals surface area contributed by atoms with E-state index in [4.69, 9.17) is 9.47 Å². The fourth-order valence-electron chi connectivity index (χ4n) is 1.95. The normalized spacial score (nSPS) is 9.96. The number of ether oxygens (including phenoxy) is 2. The van der Waals surface area contributed by atoms with Crippen LogP contribution in [0.1, 0.15) is 19.4 Å². The van der Waals surface area contributed by atoms with Crippen LogP contribution in [0.4, 0.5) is 0 Å². The van der Waals surface area contributed by atoms with Gasteiger partial charge in [0, 0.05) is 24.6 Å². The zero-order chi connectivity index (χ0) is 16.5. The minimum Gasteiger partial charge on any atom is -0.490 e. The lowest BCUT2D eigenvalue weighted by Gasteiger charge is -2.18. The molecule has 0 aliphatic rings. The molecular formula is C16H26BrClN2O3. The molecule has 1 aromatic carbocycles. The third kappa shape index (κ3) is 6.97. The molecule has 0 saturated heterocycles. The van der Waals surface area contributed by atoms with Crippen LogP contribution in [-0.4, -0.2) is 51.2 Å². The van der Waals surface area contributed by atoms with Crippen molar-refractivity contribution in [2.45, 2.75) is 20.3 Å². The first-order chi connectivity index (χ1) is 10.5. The Labute approximate surface area is 153 Å². The van der Waals surface area contributed by atoms with Crippen LogP contribution in [0.3, 0.4) is 0 Å². The first-order valence-electron chi connectivity index (χ1n) is 7.50. The van der Waals surface area contributed by atoms with Gasteiger partial charge in [0.05, 0.1) is 19.6 Å². The summed E-state index contributed by atoms with van der Waals surface area (Å²) >= 11 is 3.51. The highest BCUT2D eigenvalue weighted by molar-refractivity contribution is 9.10. The molecule has 0 aliphatic carbocycles. The largest absolute Gasteiger partial charge is 0.490 e. The van der Waals surface area contributed by atoms with Crippen LogP contribution in [0, 0.1) is 0 Å². The predicted molar refractivity (Wildman–Crippen MR) is 99.0 cm³/mol. The van der Waals surface area contributed by atoms with Gasteiger partial charge in [-0.15, -0.1) is 12.4 Å². The molecule has 1 amide bonds. The molecule has 0 radical (unpaired) electrons. The first-order valence-corrected chi connectivity index (χ1v) is 8.29. The van der Waals surface area contributed by atoms with E-state index >= 15 is 0 Å². The van der Waals surface area contributed by atoms with Gasteiger partial charge in [-0.25, -0.2) is 0 Å². The number of rotatable bonds is 9. The van der Waals surface area contributed by atoms with E-state index in [1.807, 2.05) is 40.1 Å². The molecule has 1 rings (SSSR count). The molecule has 0 fully saturated rings. The van der Waals surface area contributed by atoms with Crippen LogP contribution in [0.5, 0.6) is 11.5 Å². The van der Waals surface area contributed by atoms with Gasteiger partial charge in [-0.05, 0) is 38.6 Å². The summed E-state index contributed by atoms with van der Waals surface area (Å²) in [4.78, 5) is 14.0. The number of hydrogen-bond acceptors (Lipinski definition) is 4. The Morgan fingerprint density at radius 3 is 2.30 bits per heavy atom. The quantitative estimate of drug-likeness (QED) is 0.681. The zero-order valence-corrected chi connectivity index (χ0v) is 16.6. The van der Waals surface area contributed by atoms with Crippen LogP contribution in [-0.2, 0) is 11.2 Å². The molecule has 5 nitrogen and oxygen atoms in total. The molecule has 0 saturated carbocycles. The highest BCUT2D eigenvalue weighted by Gasteiger charge is 2.15. The third-order valence-electron chi connectivity index (χ3n) is 3.18. The monoisotopic (exact) mass is 408 g/mol. The maximum absolute atomic E-state index is 12.3. The number of nitrogens with one attached hydrogen (secondary N) is 1. The lowest BCUT2D eigenvalue weighted by atomic mass is 10.1. The van der Waals surface area contributed by atoms with Gasteiger partial charge >= 0.3 is 0 Å². The van der Waals surface area contributed by atoms with Gasteiger partial charge in [-0.1, -0.05) is 15.9 Å². The summed E-state index contributed by atoms with van der Waals surface area (Å²) in [6, 6.07) is 3.74. The number of likely N-dealkylation sites (N-methyl/N-ethyl adjacent to an activating group) is 2. The van der Waals surface area contributed by atoms with Crippen molar-refractivity contribution in [1.29, 1.82) is 0 Å². The lowest BCUT2D eigenvalue weighted by molar-refractivity contribution is -0.129. The van der Waals surface area contributed by atoms with E-state index in [0.29, 0.717) is 37.7 Å². The summed E-state index contributed by atoms with van der Waals surface area (Å²) in [5, 5.41) is 3.04. The van der Waals surface area contributed by atoms with E-state index < -0.39 is 0 Å². The minimum absolute atomic E-state index is 0. The SMILES string of the molecule is CCOc1cc(Br)c(CC(=O)N(C)CCNC)cc1OCC.Cl. The standard InChI is InChI=1S/C16H25BrN2O3.ClH/c1-5-21-14-9-12(13(17)11-15(14)22-6-2)10-16(20)19(4)8-7-18-3;/h9,11,18H,5-8,10H2,1-4H3;1H. The van der Waals surface area contributed by atoms with Crippen molar-refractivity contribution in [3.05, 3.63) is 22.2 Å². The van der Waals surface area contributed by atoms with Gasteiger partial charge in [-0.3, -0.25) is 4.79 Å². The van der Waals surface area contributed by atoms with Gasteiger partial charge in [0.15, 0.2) is 11.5 Å². The van der Waals surface area contributed by atoms with Gasteiger partial charge in [-0.2, -0.15) is 0 Å². The van der Waals surface area contributed by atoms with E-state index in [1.165, 1.54) is 0 Å². The Hall–Kier alpha value is -0.980. The summed E-state index contributed by atoms with van der Waals surface area (Å²) < 4.78 is 12.0.